The minimum atomic E-state index is 0.00171. The average molecular weight is 347 g/mol. The summed E-state index contributed by atoms with van der Waals surface area (Å²) in [6, 6.07) is 3.79. The number of halogens is 1. The van der Waals surface area contributed by atoms with Gasteiger partial charge in [0.25, 0.3) is 0 Å². The molecule has 1 heterocycles. The summed E-state index contributed by atoms with van der Waals surface area (Å²) in [5.41, 5.74) is 3.04. The fourth-order valence-corrected chi connectivity index (χ4v) is 2.76. The molecule has 0 saturated heterocycles. The van der Waals surface area contributed by atoms with Crippen molar-refractivity contribution in [2.75, 3.05) is 0 Å². The van der Waals surface area contributed by atoms with Crippen LogP contribution in [0.5, 0.6) is 0 Å². The molecule has 0 bridgehead atoms. The Balaban J connectivity index is 0.00000106. The number of allylic oxidation sites excluding steroid dienone is 3. The summed E-state index contributed by atoms with van der Waals surface area (Å²) in [6.07, 6.45) is 3.57. The predicted octanol–water partition coefficient (Wildman–Crippen LogP) is 5.56. The van der Waals surface area contributed by atoms with E-state index < -0.39 is 0 Å². The van der Waals surface area contributed by atoms with Gasteiger partial charge < -0.3 is 4.42 Å². The second-order valence-corrected chi connectivity index (χ2v) is 5.31. The highest BCUT2D eigenvalue weighted by atomic mass is 79.9. The van der Waals surface area contributed by atoms with Gasteiger partial charge in [0, 0.05) is 11.1 Å². The van der Waals surface area contributed by atoms with Crippen LogP contribution in [0.4, 0.5) is 0 Å². The molecule has 1 aromatic heterocycles. The third kappa shape index (κ3) is 3.24. The van der Waals surface area contributed by atoms with Crippen molar-refractivity contribution in [1.29, 1.82) is 0 Å². The normalized spacial score (nSPS) is 11.0. The van der Waals surface area contributed by atoms with Crippen molar-refractivity contribution < 1.29 is 4.42 Å². The van der Waals surface area contributed by atoms with Crippen LogP contribution in [0.15, 0.2) is 57.7 Å². The lowest BCUT2D eigenvalue weighted by molar-refractivity contribution is 0.580. The molecule has 0 aliphatic carbocycles. The van der Waals surface area contributed by atoms with Crippen molar-refractivity contribution in [1.82, 2.24) is 0 Å². The van der Waals surface area contributed by atoms with Crippen LogP contribution >= 0.6 is 15.9 Å². The van der Waals surface area contributed by atoms with Crippen molar-refractivity contribution >= 4 is 32.5 Å². The number of hydrogen-bond acceptors (Lipinski definition) is 2. The van der Waals surface area contributed by atoms with Crippen LogP contribution in [0.1, 0.15) is 23.8 Å². The standard InChI is InChI=1S/C16H15BrO2.C2H4/c1-5-11(6-2)15-10(4)14(18)12-7-9(3)8-13(17)16(12)19-15;1-2/h5-8H,1H2,2-4H3;1-2H2/b11-6+;. The van der Waals surface area contributed by atoms with E-state index in [1.54, 1.807) is 13.0 Å². The van der Waals surface area contributed by atoms with Crippen molar-refractivity contribution in [3.8, 4) is 0 Å². The topological polar surface area (TPSA) is 30.2 Å². The molecule has 21 heavy (non-hydrogen) atoms. The van der Waals surface area contributed by atoms with Crippen LogP contribution in [0.2, 0.25) is 0 Å². The summed E-state index contributed by atoms with van der Waals surface area (Å²) in [5.74, 6) is 0.583. The second kappa shape index (κ2) is 7.23. The van der Waals surface area contributed by atoms with Crippen molar-refractivity contribution in [3.05, 3.63) is 75.6 Å². The number of aryl methyl sites for hydroxylation is 1. The zero-order valence-corrected chi connectivity index (χ0v) is 14.2. The van der Waals surface area contributed by atoms with Crippen molar-refractivity contribution in [2.45, 2.75) is 20.8 Å². The molecule has 0 aliphatic heterocycles. The van der Waals surface area contributed by atoms with E-state index in [1.165, 1.54) is 0 Å². The van der Waals surface area contributed by atoms with Crippen LogP contribution in [-0.4, -0.2) is 0 Å². The van der Waals surface area contributed by atoms with E-state index >= 15 is 0 Å². The molecule has 0 unspecified atom stereocenters. The van der Waals surface area contributed by atoms with E-state index in [0.29, 0.717) is 22.3 Å². The molecule has 0 spiro atoms. The van der Waals surface area contributed by atoms with Crippen LogP contribution in [0, 0.1) is 13.8 Å². The number of rotatable bonds is 2. The summed E-state index contributed by atoms with van der Waals surface area (Å²) in [7, 11) is 0. The van der Waals surface area contributed by atoms with E-state index in [0.717, 1.165) is 15.6 Å². The minimum absolute atomic E-state index is 0.00171. The first kappa shape index (κ1) is 17.2. The lowest BCUT2D eigenvalue weighted by Crippen LogP contribution is -2.09. The van der Waals surface area contributed by atoms with Gasteiger partial charge in [0.15, 0.2) is 11.0 Å². The lowest BCUT2D eigenvalue weighted by Gasteiger charge is -2.09. The minimum Gasteiger partial charge on any atom is -0.454 e. The monoisotopic (exact) mass is 346 g/mol. The fraction of sp³-hybridized carbons (Fsp3) is 0.167. The average Bonchev–Trinajstić information content (AvgIpc) is 2.48. The van der Waals surface area contributed by atoms with Gasteiger partial charge in [0.1, 0.15) is 5.76 Å². The summed E-state index contributed by atoms with van der Waals surface area (Å²) in [5, 5.41) is 0.604. The number of benzene rings is 1. The molecule has 3 heteroatoms. The lowest BCUT2D eigenvalue weighted by atomic mass is 10.0. The molecule has 0 aliphatic rings. The molecule has 110 valence electrons. The van der Waals surface area contributed by atoms with Crippen molar-refractivity contribution in [3.63, 3.8) is 0 Å². The Hall–Kier alpha value is -1.87. The Labute approximate surface area is 133 Å². The molecule has 2 aromatic rings. The van der Waals surface area contributed by atoms with E-state index in [4.69, 9.17) is 4.42 Å². The highest BCUT2D eigenvalue weighted by Gasteiger charge is 2.14. The zero-order valence-electron chi connectivity index (χ0n) is 12.6. The first-order valence-electron chi connectivity index (χ1n) is 6.52. The Morgan fingerprint density at radius 3 is 2.43 bits per heavy atom. The van der Waals surface area contributed by atoms with Gasteiger partial charge in [0.05, 0.1) is 9.86 Å². The molecule has 2 nitrogen and oxygen atoms in total. The zero-order chi connectivity index (χ0) is 16.2. The molecule has 0 atom stereocenters. The van der Waals surface area contributed by atoms with E-state index in [1.807, 2.05) is 32.1 Å². The molecular formula is C18H19BrO2. The summed E-state index contributed by atoms with van der Waals surface area (Å²) in [4.78, 5) is 12.4. The quantitative estimate of drug-likeness (QED) is 0.526. The van der Waals surface area contributed by atoms with Gasteiger partial charge in [-0.3, -0.25) is 4.79 Å². The first-order valence-corrected chi connectivity index (χ1v) is 7.31. The molecule has 0 radical (unpaired) electrons. The maximum atomic E-state index is 12.4. The molecule has 2 rings (SSSR count). The maximum Gasteiger partial charge on any atom is 0.196 e. The predicted molar refractivity (Wildman–Crippen MR) is 94.8 cm³/mol. The van der Waals surface area contributed by atoms with E-state index in [9.17, 15) is 4.79 Å². The van der Waals surface area contributed by atoms with Gasteiger partial charge in [-0.15, -0.1) is 13.2 Å². The maximum absolute atomic E-state index is 12.4. The first-order chi connectivity index (χ1) is 9.99. The van der Waals surface area contributed by atoms with Gasteiger partial charge in [-0.05, 0) is 54.4 Å². The molecular weight excluding hydrogens is 328 g/mol. The largest absolute Gasteiger partial charge is 0.454 e. The molecule has 1 aromatic carbocycles. The van der Waals surface area contributed by atoms with Crippen LogP contribution in [0.3, 0.4) is 0 Å². The Morgan fingerprint density at radius 1 is 1.29 bits per heavy atom. The molecule has 0 saturated carbocycles. The SMILES string of the molecule is C=C.C=C/C(=C\C)c1oc2c(Br)cc(C)cc2c(=O)c1C. The number of hydrogen-bond donors (Lipinski definition) is 0. The number of fused-ring (bicyclic) bond motifs is 1. The highest BCUT2D eigenvalue weighted by Crippen LogP contribution is 2.28. The third-order valence-corrected chi connectivity index (χ3v) is 3.70. The van der Waals surface area contributed by atoms with Crippen LogP contribution < -0.4 is 5.43 Å². The molecule has 0 amide bonds. The van der Waals surface area contributed by atoms with Crippen molar-refractivity contribution in [2.24, 2.45) is 0 Å². The van der Waals surface area contributed by atoms with E-state index in [2.05, 4.69) is 35.7 Å². The summed E-state index contributed by atoms with van der Waals surface area (Å²) < 4.78 is 6.71. The molecule has 0 N–H and O–H groups in total. The summed E-state index contributed by atoms with van der Waals surface area (Å²) in [6.45, 7) is 15.4. The van der Waals surface area contributed by atoms with E-state index in [-0.39, 0.29) is 5.43 Å². The fourth-order valence-electron chi connectivity index (χ4n) is 2.10. The van der Waals surface area contributed by atoms with Gasteiger partial charge in [-0.25, -0.2) is 0 Å². The van der Waals surface area contributed by atoms with Crippen LogP contribution in [0.25, 0.3) is 16.5 Å². The smallest absolute Gasteiger partial charge is 0.196 e. The van der Waals surface area contributed by atoms with Gasteiger partial charge in [-0.2, -0.15) is 0 Å². The van der Waals surface area contributed by atoms with Gasteiger partial charge >= 0.3 is 0 Å². The third-order valence-electron chi connectivity index (χ3n) is 3.11. The van der Waals surface area contributed by atoms with Gasteiger partial charge in [0.2, 0.25) is 0 Å². The highest BCUT2D eigenvalue weighted by molar-refractivity contribution is 9.10. The second-order valence-electron chi connectivity index (χ2n) is 4.46. The Kier molecular flexibility index (Phi) is 5.91. The Bertz CT molecular complexity index is 767. The summed E-state index contributed by atoms with van der Waals surface area (Å²) >= 11 is 3.46. The molecule has 0 fully saturated rings. The Morgan fingerprint density at radius 2 is 1.90 bits per heavy atom. The van der Waals surface area contributed by atoms with Gasteiger partial charge in [-0.1, -0.05) is 18.7 Å². The van der Waals surface area contributed by atoms with Crippen LogP contribution in [-0.2, 0) is 0 Å².